The van der Waals surface area contributed by atoms with Crippen LogP contribution >= 0.6 is 11.6 Å². The van der Waals surface area contributed by atoms with Crippen molar-refractivity contribution in [1.82, 2.24) is 0 Å². The van der Waals surface area contributed by atoms with Crippen LogP contribution in [0.4, 0.5) is 18.9 Å². The van der Waals surface area contributed by atoms with E-state index in [-0.39, 0.29) is 22.4 Å². The largest absolute Gasteiger partial charge is 0.516 e. The second-order valence-electron chi connectivity index (χ2n) is 5.78. The van der Waals surface area contributed by atoms with Gasteiger partial charge in [-0.25, -0.2) is 0 Å². The molecule has 0 radical (unpaired) electrons. The summed E-state index contributed by atoms with van der Waals surface area (Å²) in [5, 5.41) is 4.25. The van der Waals surface area contributed by atoms with Gasteiger partial charge in [-0.2, -0.15) is 21.6 Å². The molecule has 1 aromatic carbocycles. The molecule has 0 bridgehead atoms. The van der Waals surface area contributed by atoms with Crippen LogP contribution in [0.1, 0.15) is 38.7 Å². The van der Waals surface area contributed by atoms with Gasteiger partial charge in [0, 0.05) is 10.6 Å². The molecule has 25 heavy (non-hydrogen) atoms. The highest BCUT2D eigenvalue weighted by Crippen LogP contribution is 2.34. The van der Waals surface area contributed by atoms with Gasteiger partial charge >= 0.3 is 15.5 Å². The molecule has 0 amide bonds. The van der Waals surface area contributed by atoms with Crippen LogP contribution in [0.5, 0.6) is 0 Å². The molecule has 10 heteroatoms. The predicted octanol–water partition coefficient (Wildman–Crippen LogP) is 4.53. The lowest BCUT2D eigenvalue weighted by Crippen LogP contribution is -2.30. The van der Waals surface area contributed by atoms with Crippen molar-refractivity contribution >= 4 is 33.0 Å². The number of nitrogens with one attached hydrogen (secondary N) is 1. The number of anilines is 1. The summed E-state index contributed by atoms with van der Waals surface area (Å²) < 4.78 is 62.2. The normalized spacial score (nSPS) is 17.3. The van der Waals surface area contributed by atoms with E-state index >= 15 is 0 Å². The first-order valence-corrected chi connectivity index (χ1v) is 9.53. The second-order valence-corrected chi connectivity index (χ2v) is 7.89. The van der Waals surface area contributed by atoms with E-state index in [1.165, 1.54) is 12.1 Å². The summed E-state index contributed by atoms with van der Waals surface area (Å²) in [6.07, 6.45) is 2.30. The molecule has 1 fully saturated rings. The van der Waals surface area contributed by atoms with Gasteiger partial charge in [0.05, 0.1) is 11.4 Å². The quantitative estimate of drug-likeness (QED) is 0.542. The van der Waals surface area contributed by atoms with Crippen molar-refractivity contribution in [3.8, 4) is 0 Å². The minimum atomic E-state index is -5.55. The molecule has 1 aromatic rings. The van der Waals surface area contributed by atoms with E-state index in [9.17, 15) is 21.6 Å². The van der Waals surface area contributed by atoms with E-state index in [1.54, 1.807) is 11.6 Å². The fourth-order valence-electron chi connectivity index (χ4n) is 2.15. The van der Waals surface area contributed by atoms with Crippen molar-refractivity contribution in [3.63, 3.8) is 0 Å². The molecule has 0 aliphatic heterocycles. The predicted molar refractivity (Wildman–Crippen MR) is 90.1 cm³/mol. The highest BCUT2D eigenvalue weighted by molar-refractivity contribution is 7.93. The Morgan fingerprint density at radius 2 is 2.08 bits per heavy atom. The molecule has 1 atom stereocenters. The SMILES string of the molecule is CCC(=NOC(C)C1CC1)c1cc(Cl)ccc1NS(=O)(=O)C(F)(F)F. The van der Waals surface area contributed by atoms with Gasteiger partial charge in [-0.15, -0.1) is 0 Å². The molecule has 0 aromatic heterocycles. The Morgan fingerprint density at radius 1 is 1.44 bits per heavy atom. The van der Waals surface area contributed by atoms with E-state index in [0.717, 1.165) is 18.9 Å². The first kappa shape index (κ1) is 19.8. The molecule has 1 aliphatic carbocycles. The summed E-state index contributed by atoms with van der Waals surface area (Å²) >= 11 is 5.91. The zero-order valence-electron chi connectivity index (χ0n) is 13.6. The monoisotopic (exact) mass is 398 g/mol. The smallest absolute Gasteiger partial charge is 0.392 e. The lowest BCUT2D eigenvalue weighted by Gasteiger charge is -2.16. The lowest BCUT2D eigenvalue weighted by atomic mass is 10.1. The number of benzene rings is 1. The molecule has 140 valence electrons. The second kappa shape index (κ2) is 7.41. The molecule has 1 saturated carbocycles. The van der Waals surface area contributed by atoms with Gasteiger partial charge < -0.3 is 4.84 Å². The molecule has 0 saturated heterocycles. The van der Waals surface area contributed by atoms with Crippen LogP contribution in [-0.4, -0.2) is 25.7 Å². The minimum Gasteiger partial charge on any atom is -0.392 e. The average Bonchev–Trinajstić information content (AvgIpc) is 3.33. The van der Waals surface area contributed by atoms with Crippen LogP contribution in [-0.2, 0) is 14.9 Å². The Morgan fingerprint density at radius 3 is 2.60 bits per heavy atom. The van der Waals surface area contributed by atoms with Crippen molar-refractivity contribution in [2.24, 2.45) is 11.1 Å². The molecule has 1 unspecified atom stereocenters. The van der Waals surface area contributed by atoms with Crippen LogP contribution in [0.2, 0.25) is 5.02 Å². The lowest BCUT2D eigenvalue weighted by molar-refractivity contribution is -0.0429. The van der Waals surface area contributed by atoms with Gasteiger partial charge in [-0.1, -0.05) is 23.7 Å². The summed E-state index contributed by atoms with van der Waals surface area (Å²) in [4.78, 5) is 5.41. The number of sulfonamides is 1. The maximum absolute atomic E-state index is 12.6. The van der Waals surface area contributed by atoms with E-state index in [2.05, 4.69) is 5.16 Å². The zero-order valence-corrected chi connectivity index (χ0v) is 15.2. The highest BCUT2D eigenvalue weighted by atomic mass is 35.5. The summed E-state index contributed by atoms with van der Waals surface area (Å²) in [5.41, 5.74) is -5.24. The van der Waals surface area contributed by atoms with Crippen LogP contribution in [0.25, 0.3) is 0 Å². The molecular formula is C15H18ClF3N2O3S. The van der Waals surface area contributed by atoms with Crippen LogP contribution < -0.4 is 4.72 Å². The fourth-order valence-corrected chi connectivity index (χ4v) is 2.90. The number of halogens is 4. The van der Waals surface area contributed by atoms with Gasteiger partial charge in [0.15, 0.2) is 0 Å². The summed E-state index contributed by atoms with van der Waals surface area (Å²) in [7, 11) is -5.55. The van der Waals surface area contributed by atoms with E-state index < -0.39 is 15.5 Å². The first-order chi connectivity index (χ1) is 11.5. The van der Waals surface area contributed by atoms with Crippen molar-refractivity contribution in [1.29, 1.82) is 0 Å². The molecule has 1 aliphatic rings. The standard InChI is InChI=1S/C15H18ClF3N2O3S/c1-3-13(20-24-9(2)10-4-5-10)12-8-11(16)6-7-14(12)21-25(22,23)15(17,18)19/h6-10,21H,3-5H2,1-2H3. The molecule has 2 rings (SSSR count). The molecular weight excluding hydrogens is 381 g/mol. The summed E-state index contributed by atoms with van der Waals surface area (Å²) in [6.45, 7) is 3.59. The van der Waals surface area contributed by atoms with Crippen LogP contribution in [0, 0.1) is 5.92 Å². The third-order valence-corrected chi connectivity index (χ3v) is 5.12. The fraction of sp³-hybridized carbons (Fsp3) is 0.533. The van der Waals surface area contributed by atoms with Crippen molar-refractivity contribution in [3.05, 3.63) is 28.8 Å². The van der Waals surface area contributed by atoms with Crippen molar-refractivity contribution in [2.45, 2.75) is 44.7 Å². The first-order valence-electron chi connectivity index (χ1n) is 7.67. The Bertz CT molecular complexity index is 762. The third kappa shape index (κ3) is 5.01. The van der Waals surface area contributed by atoms with Crippen molar-refractivity contribution < 1.29 is 26.4 Å². The summed E-state index contributed by atoms with van der Waals surface area (Å²) in [5.74, 6) is 0.421. The van der Waals surface area contributed by atoms with Crippen LogP contribution in [0.3, 0.4) is 0 Å². The number of hydrogen-bond donors (Lipinski definition) is 1. The third-order valence-electron chi connectivity index (χ3n) is 3.79. The number of nitrogens with zero attached hydrogens (tertiary/aromatic N) is 1. The Hall–Kier alpha value is -1.48. The highest BCUT2D eigenvalue weighted by Gasteiger charge is 2.46. The van der Waals surface area contributed by atoms with Gasteiger partial charge in [0.1, 0.15) is 6.10 Å². The number of hydrogen-bond acceptors (Lipinski definition) is 4. The Balaban J connectivity index is 2.34. The van der Waals surface area contributed by atoms with Gasteiger partial charge in [-0.05, 0) is 50.3 Å². The number of rotatable bonds is 7. The van der Waals surface area contributed by atoms with Crippen LogP contribution in [0.15, 0.2) is 23.4 Å². The van der Waals surface area contributed by atoms with E-state index in [1.807, 2.05) is 6.92 Å². The molecule has 0 heterocycles. The van der Waals surface area contributed by atoms with Gasteiger partial charge in [0.2, 0.25) is 0 Å². The Kier molecular flexibility index (Phi) is 5.88. The molecule has 1 N–H and O–H groups in total. The summed E-state index contributed by atoms with van der Waals surface area (Å²) in [6, 6.07) is 3.81. The van der Waals surface area contributed by atoms with Crippen molar-refractivity contribution in [2.75, 3.05) is 4.72 Å². The van der Waals surface area contributed by atoms with Gasteiger partial charge in [0.25, 0.3) is 0 Å². The maximum Gasteiger partial charge on any atom is 0.516 e. The minimum absolute atomic E-state index is 0.115. The molecule has 5 nitrogen and oxygen atoms in total. The topological polar surface area (TPSA) is 67.8 Å². The zero-order chi connectivity index (χ0) is 18.8. The van der Waals surface area contributed by atoms with Gasteiger partial charge in [-0.3, -0.25) is 4.72 Å². The van der Waals surface area contributed by atoms with E-state index in [0.29, 0.717) is 18.1 Å². The maximum atomic E-state index is 12.6. The number of alkyl halides is 3. The van der Waals surface area contributed by atoms with E-state index in [4.69, 9.17) is 16.4 Å². The molecule has 0 spiro atoms. The average molecular weight is 399 g/mol. The number of oxime groups is 1. The Labute approximate surface area is 149 Å².